The van der Waals surface area contributed by atoms with E-state index < -0.39 is 0 Å². The molecule has 0 saturated carbocycles. The van der Waals surface area contributed by atoms with E-state index in [-0.39, 0.29) is 15.9 Å². The van der Waals surface area contributed by atoms with Crippen molar-refractivity contribution in [2.45, 2.75) is 0 Å². The van der Waals surface area contributed by atoms with E-state index in [1.165, 1.54) is 6.33 Å². The molecule has 0 fully saturated rings. The fraction of sp³-hybridized carbons (Fsp3) is 0. The van der Waals surface area contributed by atoms with Crippen LogP contribution in [0, 0.1) is 5.41 Å². The van der Waals surface area contributed by atoms with E-state index in [9.17, 15) is 4.48 Å². The summed E-state index contributed by atoms with van der Waals surface area (Å²) in [4.78, 5) is 9.99. The van der Waals surface area contributed by atoms with Gasteiger partial charge in [0.1, 0.15) is 11.8 Å². The molecule has 0 atom stereocenters. The van der Waals surface area contributed by atoms with E-state index in [1.807, 2.05) is 0 Å². The molecule has 56 valence electrons. The third-order valence-corrected chi connectivity index (χ3v) is 1.35. The van der Waals surface area contributed by atoms with Crippen LogP contribution in [0.3, 0.4) is 0 Å². The lowest BCUT2D eigenvalue weighted by atomic mass is 10.5. The van der Waals surface area contributed by atoms with Crippen molar-refractivity contribution in [3.05, 3.63) is 18.1 Å². The molecule has 2 aromatic rings. The van der Waals surface area contributed by atoms with Crippen molar-refractivity contribution < 1.29 is 4.48 Å². The summed E-state index contributed by atoms with van der Waals surface area (Å²) in [6, 6.07) is 0. The number of aromatic nitrogens is 4. The van der Waals surface area contributed by atoms with E-state index in [4.69, 9.17) is 5.41 Å². The second-order valence-electron chi connectivity index (χ2n) is 2.01. The minimum atomic E-state index is -0.00796. The Morgan fingerprint density at radius 1 is 1.55 bits per heavy atom. The third kappa shape index (κ3) is 0.721. The van der Waals surface area contributed by atoms with E-state index in [0.29, 0.717) is 5.52 Å². The van der Waals surface area contributed by atoms with Crippen LogP contribution in [0.4, 0.5) is 4.48 Å². The fourth-order valence-electron chi connectivity index (χ4n) is 0.851. The Labute approximate surface area is 60.0 Å². The van der Waals surface area contributed by atoms with Crippen molar-refractivity contribution in [2.75, 3.05) is 0 Å². The smallest absolute Gasteiger partial charge is 0.193 e. The summed E-state index contributed by atoms with van der Waals surface area (Å²) >= 11 is 0. The minimum Gasteiger partial charge on any atom is -0.340 e. The lowest BCUT2D eigenvalue weighted by Crippen LogP contribution is -2.08. The van der Waals surface area contributed by atoms with Crippen LogP contribution in [0.15, 0.2) is 12.7 Å². The average molecular weight is 153 g/mol. The van der Waals surface area contributed by atoms with Crippen molar-refractivity contribution in [1.29, 1.82) is 5.41 Å². The predicted molar refractivity (Wildman–Crippen MR) is 34.2 cm³/mol. The molecule has 0 bridgehead atoms. The summed E-state index contributed by atoms with van der Waals surface area (Å²) in [7, 11) is 0. The van der Waals surface area contributed by atoms with Crippen LogP contribution in [-0.2, 0) is 0 Å². The quantitative estimate of drug-likeness (QED) is 0.558. The van der Waals surface area contributed by atoms with Gasteiger partial charge in [-0.15, -0.1) is 4.79 Å². The van der Waals surface area contributed by atoms with Crippen molar-refractivity contribution in [3.63, 3.8) is 0 Å². The fourth-order valence-corrected chi connectivity index (χ4v) is 0.851. The third-order valence-electron chi connectivity index (χ3n) is 1.35. The summed E-state index contributed by atoms with van der Waals surface area (Å²) in [6.07, 6.45) is 2.23. The minimum absolute atomic E-state index is 0.00796. The Hall–Kier alpha value is -1.72. The highest BCUT2D eigenvalue weighted by Crippen LogP contribution is 2.00. The van der Waals surface area contributed by atoms with Crippen molar-refractivity contribution in [3.8, 4) is 0 Å². The van der Waals surface area contributed by atoms with Gasteiger partial charge in [-0.1, -0.05) is 4.48 Å². The van der Waals surface area contributed by atoms with E-state index >= 15 is 0 Å². The number of aromatic amines is 1. The second kappa shape index (κ2) is 1.88. The lowest BCUT2D eigenvalue weighted by Gasteiger charge is -1.90. The van der Waals surface area contributed by atoms with Gasteiger partial charge in [-0.2, -0.15) is 0 Å². The Morgan fingerprint density at radius 3 is 3.09 bits per heavy atom. The van der Waals surface area contributed by atoms with Gasteiger partial charge in [0, 0.05) is 0 Å². The highest BCUT2D eigenvalue weighted by atomic mass is 19.2. The number of hydrogen-bond acceptors (Lipinski definition) is 3. The summed E-state index contributed by atoms with van der Waals surface area (Å²) in [6.45, 7) is 0. The van der Waals surface area contributed by atoms with Gasteiger partial charge < -0.3 is 4.98 Å². The van der Waals surface area contributed by atoms with Gasteiger partial charge in [0.25, 0.3) is 0 Å². The molecular formula is C5H4FN5. The van der Waals surface area contributed by atoms with E-state index in [2.05, 4.69) is 15.0 Å². The van der Waals surface area contributed by atoms with E-state index in [1.54, 1.807) is 0 Å². The second-order valence-corrected chi connectivity index (χ2v) is 2.01. The lowest BCUT2D eigenvalue weighted by molar-refractivity contribution is 0.374. The molecule has 2 rings (SSSR count). The maximum Gasteiger partial charge on any atom is 0.193 e. The highest BCUT2D eigenvalue weighted by Gasteiger charge is 2.01. The molecule has 0 aliphatic rings. The summed E-state index contributed by atoms with van der Waals surface area (Å²) in [5.74, 6) is 0. The molecule has 11 heavy (non-hydrogen) atoms. The maximum absolute atomic E-state index is 12.7. The molecule has 0 saturated heterocycles. The van der Waals surface area contributed by atoms with Crippen LogP contribution in [0.25, 0.3) is 11.2 Å². The first-order valence-electron chi connectivity index (χ1n) is 2.90. The Balaban J connectivity index is 3.08. The number of halogens is 1. The molecule has 5 nitrogen and oxygen atoms in total. The number of nitrogens with one attached hydrogen (secondary N) is 2. The molecule has 2 heterocycles. The zero-order chi connectivity index (χ0) is 7.84. The van der Waals surface area contributed by atoms with Gasteiger partial charge in [-0.3, -0.25) is 5.41 Å². The zero-order valence-electron chi connectivity index (χ0n) is 5.37. The van der Waals surface area contributed by atoms with Crippen LogP contribution in [0.5, 0.6) is 0 Å². The molecular weight excluding hydrogens is 149 g/mol. The monoisotopic (exact) mass is 153 g/mol. The zero-order valence-corrected chi connectivity index (χ0v) is 5.37. The van der Waals surface area contributed by atoms with Crippen molar-refractivity contribution in [2.24, 2.45) is 0 Å². The average Bonchev–Trinajstić information content (AvgIpc) is 2.45. The molecule has 6 heteroatoms. The molecule has 0 aliphatic heterocycles. The topological polar surface area (TPSA) is 70.3 Å². The first-order valence-corrected chi connectivity index (χ1v) is 2.90. The molecule has 0 amide bonds. The van der Waals surface area contributed by atoms with Crippen molar-refractivity contribution in [1.82, 2.24) is 19.7 Å². The molecule has 2 aromatic heterocycles. The van der Waals surface area contributed by atoms with Gasteiger partial charge in [-0.25, -0.2) is 9.97 Å². The first kappa shape index (κ1) is 6.02. The number of imidazole rings is 1. The number of nitrogens with zero attached hydrogens (tertiary/aromatic N) is 3. The van der Waals surface area contributed by atoms with Crippen molar-refractivity contribution >= 4 is 11.2 Å². The summed E-state index contributed by atoms with van der Waals surface area (Å²) < 4.78 is 12.7. The van der Waals surface area contributed by atoms with Crippen LogP contribution in [0.2, 0.25) is 0 Å². The van der Waals surface area contributed by atoms with Gasteiger partial charge in [0.2, 0.25) is 0 Å². The first-order chi connectivity index (χ1) is 5.29. The standard InChI is InChI=1S/C5H4FN5/c6-11-2-10-4(7)3-5(11)9-1-8-3/h1-2,7H,(H,8,9). The highest BCUT2D eigenvalue weighted by molar-refractivity contribution is 5.67. The van der Waals surface area contributed by atoms with Gasteiger partial charge in [0.15, 0.2) is 11.1 Å². The molecule has 2 N–H and O–H groups in total. The normalized spacial score (nSPS) is 10.6. The predicted octanol–water partition coefficient (Wildman–Crippen LogP) is -0.0285. The Kier molecular flexibility index (Phi) is 1.03. The number of H-pyrrole nitrogens is 1. The molecule has 0 aromatic carbocycles. The van der Waals surface area contributed by atoms with Crippen LogP contribution >= 0.6 is 0 Å². The van der Waals surface area contributed by atoms with Crippen LogP contribution in [0.1, 0.15) is 0 Å². The number of fused-ring (bicyclic) bond motifs is 1. The van der Waals surface area contributed by atoms with Gasteiger partial charge in [0.05, 0.1) is 6.33 Å². The van der Waals surface area contributed by atoms with Crippen LogP contribution in [-0.4, -0.2) is 19.7 Å². The SMILES string of the molecule is N=c1ncn(F)c2nc[nH]c12. The largest absolute Gasteiger partial charge is 0.340 e. The number of hydrogen-bond donors (Lipinski definition) is 2. The molecule has 0 spiro atoms. The van der Waals surface area contributed by atoms with Crippen LogP contribution < -0.4 is 5.49 Å². The van der Waals surface area contributed by atoms with Gasteiger partial charge in [-0.05, 0) is 0 Å². The Morgan fingerprint density at radius 2 is 2.36 bits per heavy atom. The summed E-state index contributed by atoms with van der Waals surface area (Å²) in [5.41, 5.74) is 0.381. The maximum atomic E-state index is 12.7. The molecule has 0 radical (unpaired) electrons. The molecule has 0 aliphatic carbocycles. The van der Waals surface area contributed by atoms with Gasteiger partial charge >= 0.3 is 0 Å². The Bertz CT molecular complexity index is 441. The van der Waals surface area contributed by atoms with E-state index in [0.717, 1.165) is 6.33 Å². The number of rotatable bonds is 0. The molecule has 0 unspecified atom stereocenters. The summed E-state index contributed by atoms with van der Waals surface area (Å²) in [5, 5.41) is 7.21.